The standard InChI is InChI=1S/C13H24N2O/c1-3-5-13(6-7-14-9-13)12(16)15-11-8-10(11)4-2/h10-11,14H,3-9H2,1-2H3,(H,15,16). The van der Waals surface area contributed by atoms with Crippen LogP contribution in [0, 0.1) is 11.3 Å². The fourth-order valence-electron chi connectivity index (χ4n) is 2.94. The molecule has 92 valence electrons. The van der Waals surface area contributed by atoms with Crippen molar-refractivity contribution in [1.29, 1.82) is 0 Å². The molecule has 2 N–H and O–H groups in total. The summed E-state index contributed by atoms with van der Waals surface area (Å²) in [4.78, 5) is 12.3. The summed E-state index contributed by atoms with van der Waals surface area (Å²) >= 11 is 0. The molecule has 1 aliphatic heterocycles. The Morgan fingerprint density at radius 2 is 2.31 bits per heavy atom. The molecule has 2 rings (SSSR count). The van der Waals surface area contributed by atoms with Gasteiger partial charge in [0.1, 0.15) is 0 Å². The van der Waals surface area contributed by atoms with Gasteiger partial charge >= 0.3 is 0 Å². The summed E-state index contributed by atoms with van der Waals surface area (Å²) in [6, 6.07) is 0.479. The van der Waals surface area contributed by atoms with Crippen molar-refractivity contribution >= 4 is 5.91 Å². The number of carbonyl (C=O) groups excluding carboxylic acids is 1. The van der Waals surface area contributed by atoms with E-state index in [0.717, 1.165) is 38.3 Å². The third-order valence-corrected chi connectivity index (χ3v) is 4.22. The lowest BCUT2D eigenvalue weighted by Crippen LogP contribution is -2.43. The van der Waals surface area contributed by atoms with Crippen LogP contribution in [-0.2, 0) is 4.79 Å². The SMILES string of the molecule is CCCC1(C(=O)NC2CC2CC)CCNC1. The number of rotatable bonds is 5. The van der Waals surface area contributed by atoms with E-state index in [4.69, 9.17) is 0 Å². The van der Waals surface area contributed by atoms with E-state index in [2.05, 4.69) is 24.5 Å². The molecule has 3 atom stereocenters. The Hall–Kier alpha value is -0.570. The maximum Gasteiger partial charge on any atom is 0.227 e. The minimum absolute atomic E-state index is 0.102. The molecule has 3 nitrogen and oxygen atoms in total. The Morgan fingerprint density at radius 3 is 2.81 bits per heavy atom. The molecule has 1 saturated carbocycles. The predicted molar refractivity (Wildman–Crippen MR) is 65.2 cm³/mol. The number of amides is 1. The van der Waals surface area contributed by atoms with Gasteiger partial charge in [0.05, 0.1) is 5.41 Å². The second-order valence-electron chi connectivity index (χ2n) is 5.44. The van der Waals surface area contributed by atoms with E-state index < -0.39 is 0 Å². The molecule has 3 unspecified atom stereocenters. The summed E-state index contributed by atoms with van der Waals surface area (Å²) in [7, 11) is 0. The minimum Gasteiger partial charge on any atom is -0.353 e. The van der Waals surface area contributed by atoms with Gasteiger partial charge in [-0.25, -0.2) is 0 Å². The monoisotopic (exact) mass is 224 g/mol. The van der Waals surface area contributed by atoms with Crippen molar-refractivity contribution in [2.24, 2.45) is 11.3 Å². The minimum atomic E-state index is -0.102. The predicted octanol–water partition coefficient (Wildman–Crippen LogP) is 1.68. The smallest absolute Gasteiger partial charge is 0.227 e. The molecule has 0 aromatic rings. The molecule has 1 amide bonds. The number of hydrogen-bond donors (Lipinski definition) is 2. The zero-order valence-corrected chi connectivity index (χ0v) is 10.5. The molecule has 0 radical (unpaired) electrons. The van der Waals surface area contributed by atoms with Crippen LogP contribution in [0.4, 0.5) is 0 Å². The highest BCUT2D eigenvalue weighted by Crippen LogP contribution is 2.36. The first-order valence-electron chi connectivity index (χ1n) is 6.73. The fourth-order valence-corrected chi connectivity index (χ4v) is 2.94. The van der Waals surface area contributed by atoms with E-state index in [0.29, 0.717) is 11.9 Å². The van der Waals surface area contributed by atoms with Gasteiger partial charge in [0.15, 0.2) is 0 Å². The zero-order chi connectivity index (χ0) is 11.6. The van der Waals surface area contributed by atoms with E-state index >= 15 is 0 Å². The van der Waals surface area contributed by atoms with Crippen LogP contribution in [0.2, 0.25) is 0 Å². The van der Waals surface area contributed by atoms with Crippen molar-refractivity contribution in [3.8, 4) is 0 Å². The first-order chi connectivity index (χ1) is 7.72. The number of hydrogen-bond acceptors (Lipinski definition) is 2. The van der Waals surface area contributed by atoms with Gasteiger partial charge in [0, 0.05) is 12.6 Å². The van der Waals surface area contributed by atoms with Crippen LogP contribution in [0.3, 0.4) is 0 Å². The van der Waals surface area contributed by atoms with Gasteiger partial charge in [-0.2, -0.15) is 0 Å². The molecule has 2 aliphatic rings. The van der Waals surface area contributed by atoms with E-state index in [-0.39, 0.29) is 5.41 Å². The fraction of sp³-hybridized carbons (Fsp3) is 0.923. The molecule has 16 heavy (non-hydrogen) atoms. The molecule has 3 heteroatoms. The van der Waals surface area contributed by atoms with Crippen LogP contribution < -0.4 is 10.6 Å². The number of carbonyl (C=O) groups is 1. The van der Waals surface area contributed by atoms with Gasteiger partial charge in [0.25, 0.3) is 0 Å². The summed E-state index contributed by atoms with van der Waals surface area (Å²) in [5, 5.41) is 6.58. The summed E-state index contributed by atoms with van der Waals surface area (Å²) in [5.74, 6) is 1.05. The second kappa shape index (κ2) is 4.74. The van der Waals surface area contributed by atoms with Gasteiger partial charge in [-0.05, 0) is 31.7 Å². The molecule has 0 spiro atoms. The Balaban J connectivity index is 1.90. The van der Waals surface area contributed by atoms with Gasteiger partial charge in [-0.1, -0.05) is 26.7 Å². The Bertz CT molecular complexity index is 259. The summed E-state index contributed by atoms with van der Waals surface area (Å²) < 4.78 is 0. The van der Waals surface area contributed by atoms with Crippen molar-refractivity contribution in [1.82, 2.24) is 10.6 Å². The Morgan fingerprint density at radius 1 is 1.50 bits per heavy atom. The average molecular weight is 224 g/mol. The quantitative estimate of drug-likeness (QED) is 0.746. The van der Waals surface area contributed by atoms with Gasteiger partial charge in [-0.3, -0.25) is 4.79 Å². The normalized spacial score (nSPS) is 37.4. The lowest BCUT2D eigenvalue weighted by atomic mass is 9.81. The average Bonchev–Trinajstić information content (AvgIpc) is 2.85. The molecule has 0 aromatic carbocycles. The van der Waals surface area contributed by atoms with E-state index in [1.807, 2.05) is 0 Å². The molecular formula is C13H24N2O. The summed E-state index contributed by atoms with van der Waals surface area (Å²) in [5.41, 5.74) is -0.102. The van der Waals surface area contributed by atoms with Crippen molar-refractivity contribution in [3.63, 3.8) is 0 Å². The lowest BCUT2D eigenvalue weighted by Gasteiger charge is -2.26. The lowest BCUT2D eigenvalue weighted by molar-refractivity contribution is -0.130. The van der Waals surface area contributed by atoms with Gasteiger partial charge < -0.3 is 10.6 Å². The van der Waals surface area contributed by atoms with Crippen LogP contribution in [0.1, 0.15) is 46.0 Å². The van der Waals surface area contributed by atoms with E-state index in [1.165, 1.54) is 12.8 Å². The van der Waals surface area contributed by atoms with E-state index in [9.17, 15) is 4.79 Å². The molecule has 0 aromatic heterocycles. The number of nitrogens with one attached hydrogen (secondary N) is 2. The molecule has 2 fully saturated rings. The highest BCUT2D eigenvalue weighted by Gasteiger charge is 2.44. The highest BCUT2D eigenvalue weighted by molar-refractivity contribution is 5.83. The van der Waals surface area contributed by atoms with Crippen molar-refractivity contribution in [2.75, 3.05) is 13.1 Å². The largest absolute Gasteiger partial charge is 0.353 e. The van der Waals surface area contributed by atoms with Gasteiger partial charge in [0.2, 0.25) is 5.91 Å². The second-order valence-corrected chi connectivity index (χ2v) is 5.44. The summed E-state index contributed by atoms with van der Waals surface area (Å²) in [6.45, 7) is 6.24. The molecular weight excluding hydrogens is 200 g/mol. The topological polar surface area (TPSA) is 41.1 Å². The van der Waals surface area contributed by atoms with Crippen LogP contribution in [0.15, 0.2) is 0 Å². The third kappa shape index (κ3) is 2.24. The van der Waals surface area contributed by atoms with Crippen LogP contribution >= 0.6 is 0 Å². The van der Waals surface area contributed by atoms with E-state index in [1.54, 1.807) is 0 Å². The Labute approximate surface area is 98.4 Å². The molecule has 1 saturated heterocycles. The zero-order valence-electron chi connectivity index (χ0n) is 10.5. The maximum atomic E-state index is 12.3. The maximum absolute atomic E-state index is 12.3. The van der Waals surface area contributed by atoms with Crippen LogP contribution in [-0.4, -0.2) is 25.0 Å². The van der Waals surface area contributed by atoms with Gasteiger partial charge in [-0.15, -0.1) is 0 Å². The summed E-state index contributed by atoms with van der Waals surface area (Å²) in [6.07, 6.45) is 5.52. The van der Waals surface area contributed by atoms with Crippen LogP contribution in [0.25, 0.3) is 0 Å². The molecule has 1 aliphatic carbocycles. The van der Waals surface area contributed by atoms with Crippen molar-refractivity contribution in [2.45, 2.75) is 52.0 Å². The first kappa shape index (κ1) is 11.9. The van der Waals surface area contributed by atoms with Crippen LogP contribution in [0.5, 0.6) is 0 Å². The van der Waals surface area contributed by atoms with Crippen molar-refractivity contribution in [3.05, 3.63) is 0 Å². The third-order valence-electron chi connectivity index (χ3n) is 4.22. The van der Waals surface area contributed by atoms with Crippen molar-refractivity contribution < 1.29 is 4.79 Å². The first-order valence-corrected chi connectivity index (χ1v) is 6.73. The Kier molecular flexibility index (Phi) is 3.53. The molecule has 0 bridgehead atoms. The highest BCUT2D eigenvalue weighted by atomic mass is 16.2. The molecule has 1 heterocycles.